The molecule has 2 aliphatic heterocycles. The second-order valence-corrected chi connectivity index (χ2v) is 6.84. The van der Waals surface area contributed by atoms with Crippen molar-refractivity contribution in [1.82, 2.24) is 0 Å². The summed E-state index contributed by atoms with van der Waals surface area (Å²) in [6, 6.07) is 0.435. The largest absolute Gasteiger partial charge is 0.378 e. The van der Waals surface area contributed by atoms with Crippen LogP contribution in [0.4, 0.5) is 0 Å². The van der Waals surface area contributed by atoms with E-state index in [-0.39, 0.29) is 0 Å². The molecule has 100 valence electrons. The first-order valence-electron chi connectivity index (χ1n) is 7.29. The van der Waals surface area contributed by atoms with Crippen LogP contribution in [0.2, 0.25) is 0 Å². The van der Waals surface area contributed by atoms with Gasteiger partial charge in [0.15, 0.2) is 0 Å². The minimum absolute atomic E-state index is 0.435. The lowest BCUT2D eigenvalue weighted by molar-refractivity contribution is 0.101. The van der Waals surface area contributed by atoms with Crippen LogP contribution < -0.4 is 5.73 Å². The predicted octanol–water partition coefficient (Wildman–Crippen LogP) is 3.20. The van der Waals surface area contributed by atoms with Gasteiger partial charge in [-0.2, -0.15) is 11.8 Å². The lowest BCUT2D eigenvalue weighted by Crippen LogP contribution is -2.25. The van der Waals surface area contributed by atoms with Crippen molar-refractivity contribution in [1.29, 1.82) is 0 Å². The number of thioether (sulfide) groups is 1. The van der Waals surface area contributed by atoms with Gasteiger partial charge in [0.1, 0.15) is 0 Å². The summed E-state index contributed by atoms with van der Waals surface area (Å²) in [5, 5.41) is 0. The van der Waals surface area contributed by atoms with Crippen molar-refractivity contribution in [3.63, 3.8) is 0 Å². The Balaban J connectivity index is 1.52. The van der Waals surface area contributed by atoms with Crippen LogP contribution in [-0.4, -0.2) is 30.3 Å². The van der Waals surface area contributed by atoms with Crippen LogP contribution in [0.5, 0.6) is 0 Å². The van der Waals surface area contributed by atoms with E-state index in [1.807, 2.05) is 0 Å². The third-order valence-corrected chi connectivity index (χ3v) is 5.15. The highest BCUT2D eigenvalue weighted by atomic mass is 32.2. The van der Waals surface area contributed by atoms with Crippen LogP contribution in [0, 0.1) is 5.92 Å². The van der Waals surface area contributed by atoms with Crippen molar-refractivity contribution < 1.29 is 4.74 Å². The quantitative estimate of drug-likeness (QED) is 0.793. The van der Waals surface area contributed by atoms with Gasteiger partial charge < -0.3 is 10.5 Å². The zero-order chi connectivity index (χ0) is 11.9. The first-order chi connectivity index (χ1) is 8.34. The molecule has 2 N–H and O–H groups in total. The van der Waals surface area contributed by atoms with E-state index in [0.29, 0.717) is 12.1 Å². The molecule has 0 aliphatic carbocycles. The third-order valence-electron chi connectivity index (χ3n) is 4.10. The molecule has 0 aromatic heterocycles. The Morgan fingerprint density at radius 2 is 2.06 bits per heavy atom. The highest BCUT2D eigenvalue weighted by Gasteiger charge is 2.18. The molecular formula is C14H27NOS. The van der Waals surface area contributed by atoms with Gasteiger partial charge in [0, 0.05) is 12.6 Å². The monoisotopic (exact) mass is 257 g/mol. The molecule has 2 atom stereocenters. The Morgan fingerprint density at radius 1 is 1.24 bits per heavy atom. The normalized spacial score (nSPS) is 28.4. The van der Waals surface area contributed by atoms with Gasteiger partial charge in [0.05, 0.1) is 6.10 Å². The number of hydrogen-bond acceptors (Lipinski definition) is 3. The minimum Gasteiger partial charge on any atom is -0.378 e. The van der Waals surface area contributed by atoms with E-state index >= 15 is 0 Å². The van der Waals surface area contributed by atoms with Gasteiger partial charge in [-0.15, -0.1) is 0 Å². The summed E-state index contributed by atoms with van der Waals surface area (Å²) in [6.07, 6.45) is 10.8. The molecule has 0 aromatic carbocycles. The van der Waals surface area contributed by atoms with Crippen LogP contribution in [0.25, 0.3) is 0 Å². The fourth-order valence-corrected chi connectivity index (χ4v) is 4.21. The minimum atomic E-state index is 0.435. The van der Waals surface area contributed by atoms with Gasteiger partial charge in [-0.05, 0) is 68.8 Å². The molecule has 0 aromatic rings. The molecule has 2 aliphatic rings. The Kier molecular flexibility index (Phi) is 6.16. The second-order valence-electron chi connectivity index (χ2n) is 5.62. The smallest absolute Gasteiger partial charge is 0.0576 e. The van der Waals surface area contributed by atoms with Gasteiger partial charge in [-0.3, -0.25) is 0 Å². The summed E-state index contributed by atoms with van der Waals surface area (Å²) in [7, 11) is 0. The van der Waals surface area contributed by atoms with E-state index in [0.717, 1.165) is 12.5 Å². The second kappa shape index (κ2) is 7.65. The molecule has 2 unspecified atom stereocenters. The van der Waals surface area contributed by atoms with Gasteiger partial charge in [-0.25, -0.2) is 0 Å². The van der Waals surface area contributed by atoms with Crippen LogP contribution in [0.3, 0.4) is 0 Å². The van der Waals surface area contributed by atoms with Crippen LogP contribution in [0.1, 0.15) is 51.4 Å². The third kappa shape index (κ3) is 5.19. The molecule has 0 spiro atoms. The molecular weight excluding hydrogens is 230 g/mol. The summed E-state index contributed by atoms with van der Waals surface area (Å²) in [5.41, 5.74) is 6.24. The Bertz CT molecular complexity index is 200. The van der Waals surface area contributed by atoms with E-state index in [1.54, 1.807) is 0 Å². The molecule has 2 heterocycles. The molecule has 17 heavy (non-hydrogen) atoms. The summed E-state index contributed by atoms with van der Waals surface area (Å²) >= 11 is 2.10. The van der Waals surface area contributed by atoms with Crippen LogP contribution in [0.15, 0.2) is 0 Å². The summed E-state index contributed by atoms with van der Waals surface area (Å²) < 4.78 is 5.64. The highest BCUT2D eigenvalue weighted by Crippen LogP contribution is 2.27. The number of rotatable bonds is 6. The first kappa shape index (κ1) is 13.7. The summed E-state index contributed by atoms with van der Waals surface area (Å²) in [6.45, 7) is 0.983. The lowest BCUT2D eigenvalue weighted by Gasteiger charge is -2.24. The molecule has 0 radical (unpaired) electrons. The Labute approximate surface area is 110 Å². The molecule has 0 amide bonds. The van der Waals surface area contributed by atoms with Crippen LogP contribution in [-0.2, 0) is 4.74 Å². The average Bonchev–Trinajstić information content (AvgIpc) is 2.83. The van der Waals surface area contributed by atoms with Gasteiger partial charge in [-0.1, -0.05) is 0 Å². The zero-order valence-corrected chi connectivity index (χ0v) is 11.7. The van der Waals surface area contributed by atoms with Gasteiger partial charge >= 0.3 is 0 Å². The average molecular weight is 257 g/mol. The number of ether oxygens (including phenoxy) is 1. The first-order valence-corrected chi connectivity index (χ1v) is 8.45. The standard InChI is InChI=1S/C14H27NOS/c15-13(11-12-6-9-17-10-7-12)3-1-4-14-5-2-8-16-14/h12-14H,1-11,15H2. The lowest BCUT2D eigenvalue weighted by atomic mass is 9.92. The maximum atomic E-state index is 6.24. The Morgan fingerprint density at radius 3 is 2.76 bits per heavy atom. The van der Waals surface area contributed by atoms with Crippen molar-refractivity contribution in [2.24, 2.45) is 11.7 Å². The maximum absolute atomic E-state index is 6.24. The van der Waals surface area contributed by atoms with Crippen molar-refractivity contribution in [3.05, 3.63) is 0 Å². The molecule has 0 saturated carbocycles. The molecule has 3 heteroatoms. The maximum Gasteiger partial charge on any atom is 0.0576 e. The van der Waals surface area contributed by atoms with E-state index in [9.17, 15) is 0 Å². The zero-order valence-electron chi connectivity index (χ0n) is 10.9. The molecule has 2 fully saturated rings. The summed E-state index contributed by atoms with van der Waals surface area (Å²) in [4.78, 5) is 0. The SMILES string of the molecule is NC(CCCC1CCCO1)CC1CCSCC1. The van der Waals surface area contributed by atoms with E-state index in [4.69, 9.17) is 10.5 Å². The van der Waals surface area contributed by atoms with E-state index in [1.165, 1.54) is 62.9 Å². The predicted molar refractivity (Wildman–Crippen MR) is 75.5 cm³/mol. The fourth-order valence-electron chi connectivity index (χ4n) is 3.01. The fraction of sp³-hybridized carbons (Fsp3) is 1.00. The topological polar surface area (TPSA) is 35.2 Å². The Hall–Kier alpha value is 0.270. The van der Waals surface area contributed by atoms with E-state index in [2.05, 4.69) is 11.8 Å². The number of hydrogen-bond donors (Lipinski definition) is 1. The highest BCUT2D eigenvalue weighted by molar-refractivity contribution is 7.99. The summed E-state index contributed by atoms with van der Waals surface area (Å²) in [5.74, 6) is 3.62. The van der Waals surface area contributed by atoms with Crippen molar-refractivity contribution in [2.75, 3.05) is 18.1 Å². The van der Waals surface area contributed by atoms with Crippen LogP contribution >= 0.6 is 11.8 Å². The van der Waals surface area contributed by atoms with Gasteiger partial charge in [0.25, 0.3) is 0 Å². The van der Waals surface area contributed by atoms with Crippen molar-refractivity contribution >= 4 is 11.8 Å². The van der Waals surface area contributed by atoms with E-state index < -0.39 is 0 Å². The molecule has 0 bridgehead atoms. The molecule has 2 saturated heterocycles. The molecule has 2 nitrogen and oxygen atoms in total. The van der Waals surface area contributed by atoms with Crippen molar-refractivity contribution in [3.8, 4) is 0 Å². The number of nitrogens with two attached hydrogens (primary N) is 1. The van der Waals surface area contributed by atoms with Gasteiger partial charge in [0.2, 0.25) is 0 Å². The van der Waals surface area contributed by atoms with Crippen molar-refractivity contribution in [2.45, 2.75) is 63.5 Å². The molecule has 2 rings (SSSR count).